The summed E-state index contributed by atoms with van der Waals surface area (Å²) in [4.78, 5) is 4.58. The molecule has 96 valence electrons. The monoisotopic (exact) mass is 247 g/mol. The van der Waals surface area contributed by atoms with Gasteiger partial charge in [0.05, 0.1) is 5.56 Å². The Kier molecular flexibility index (Phi) is 3.83. The normalized spacial score (nSPS) is 16.9. The van der Waals surface area contributed by atoms with Crippen molar-refractivity contribution in [1.29, 1.82) is 5.26 Å². The zero-order valence-electron chi connectivity index (χ0n) is 10.9. The van der Waals surface area contributed by atoms with Crippen molar-refractivity contribution in [3.63, 3.8) is 0 Å². The van der Waals surface area contributed by atoms with Gasteiger partial charge in [0.25, 0.3) is 0 Å². The second kappa shape index (κ2) is 5.36. The van der Waals surface area contributed by atoms with Crippen molar-refractivity contribution in [3.05, 3.63) is 29.6 Å². The molecule has 0 bridgehead atoms. The minimum absolute atomic E-state index is 0.111. The van der Waals surface area contributed by atoms with Gasteiger partial charge in [0.2, 0.25) is 0 Å². The largest absolute Gasteiger partial charge is 0.369 e. The number of anilines is 1. The molecule has 2 rings (SSSR count). The molecule has 0 unspecified atom stereocenters. The lowest BCUT2D eigenvalue weighted by Crippen LogP contribution is -2.48. The summed E-state index contributed by atoms with van der Waals surface area (Å²) in [6.45, 7) is 8.19. The molecular formula is C14H18FN3. The Labute approximate surface area is 107 Å². The van der Waals surface area contributed by atoms with E-state index in [4.69, 9.17) is 5.26 Å². The summed E-state index contributed by atoms with van der Waals surface area (Å²) in [5.74, 6) is -0.429. The van der Waals surface area contributed by atoms with E-state index in [0.29, 0.717) is 6.04 Å². The van der Waals surface area contributed by atoms with E-state index < -0.39 is 5.82 Å². The summed E-state index contributed by atoms with van der Waals surface area (Å²) in [7, 11) is 0. The summed E-state index contributed by atoms with van der Waals surface area (Å²) in [5, 5.41) is 8.71. The molecule has 1 aromatic carbocycles. The van der Waals surface area contributed by atoms with Crippen molar-refractivity contribution >= 4 is 5.69 Å². The van der Waals surface area contributed by atoms with Crippen LogP contribution >= 0.6 is 0 Å². The fourth-order valence-corrected chi connectivity index (χ4v) is 2.29. The predicted octanol–water partition coefficient (Wildman–Crippen LogP) is 2.23. The van der Waals surface area contributed by atoms with Gasteiger partial charge in [0, 0.05) is 37.9 Å². The zero-order chi connectivity index (χ0) is 13.1. The standard InChI is InChI=1S/C14H18FN3/c1-11(2)17-5-7-18(8-6-17)13-4-3-12(10-16)14(15)9-13/h3-4,9,11H,5-8H2,1-2H3. The van der Waals surface area contributed by atoms with Crippen LogP contribution in [0.15, 0.2) is 18.2 Å². The minimum atomic E-state index is -0.429. The second-order valence-corrected chi connectivity index (χ2v) is 4.89. The number of halogens is 1. The molecule has 0 radical (unpaired) electrons. The molecule has 18 heavy (non-hydrogen) atoms. The Bertz CT molecular complexity index is 457. The van der Waals surface area contributed by atoms with Crippen LogP contribution in [0.2, 0.25) is 0 Å². The van der Waals surface area contributed by atoms with E-state index >= 15 is 0 Å². The number of nitrogens with zero attached hydrogens (tertiary/aromatic N) is 3. The molecule has 0 aliphatic carbocycles. The van der Waals surface area contributed by atoms with E-state index in [1.54, 1.807) is 6.07 Å². The van der Waals surface area contributed by atoms with Gasteiger partial charge in [-0.3, -0.25) is 4.90 Å². The molecule has 1 saturated heterocycles. The maximum atomic E-state index is 13.6. The third-order valence-electron chi connectivity index (χ3n) is 3.48. The topological polar surface area (TPSA) is 30.3 Å². The highest BCUT2D eigenvalue weighted by Gasteiger charge is 2.19. The molecule has 4 heteroatoms. The van der Waals surface area contributed by atoms with Crippen LogP contribution in [0, 0.1) is 17.1 Å². The maximum absolute atomic E-state index is 13.6. The molecular weight excluding hydrogens is 229 g/mol. The predicted molar refractivity (Wildman–Crippen MR) is 70.0 cm³/mol. The number of hydrogen-bond acceptors (Lipinski definition) is 3. The summed E-state index contributed by atoms with van der Waals surface area (Å²) in [6.07, 6.45) is 0. The maximum Gasteiger partial charge on any atom is 0.143 e. The van der Waals surface area contributed by atoms with E-state index in [0.717, 1.165) is 31.9 Å². The summed E-state index contributed by atoms with van der Waals surface area (Å²) < 4.78 is 13.6. The Morgan fingerprint density at radius 2 is 1.89 bits per heavy atom. The molecule has 0 aromatic heterocycles. The first-order valence-electron chi connectivity index (χ1n) is 6.30. The number of benzene rings is 1. The lowest BCUT2D eigenvalue weighted by molar-refractivity contribution is 0.209. The summed E-state index contributed by atoms with van der Waals surface area (Å²) in [5.41, 5.74) is 0.981. The molecule has 1 fully saturated rings. The van der Waals surface area contributed by atoms with Crippen molar-refractivity contribution < 1.29 is 4.39 Å². The third-order valence-corrected chi connectivity index (χ3v) is 3.48. The second-order valence-electron chi connectivity index (χ2n) is 4.89. The van der Waals surface area contributed by atoms with Gasteiger partial charge in [0.15, 0.2) is 0 Å². The van der Waals surface area contributed by atoms with Gasteiger partial charge < -0.3 is 4.90 Å². The fourth-order valence-electron chi connectivity index (χ4n) is 2.29. The first kappa shape index (κ1) is 12.8. The van der Waals surface area contributed by atoms with E-state index in [1.165, 1.54) is 6.07 Å². The van der Waals surface area contributed by atoms with E-state index in [-0.39, 0.29) is 5.56 Å². The van der Waals surface area contributed by atoms with Crippen LogP contribution in [0.5, 0.6) is 0 Å². The van der Waals surface area contributed by atoms with Crippen molar-refractivity contribution in [3.8, 4) is 6.07 Å². The first-order chi connectivity index (χ1) is 8.61. The van der Waals surface area contributed by atoms with Crippen LogP contribution in [0.4, 0.5) is 10.1 Å². The Morgan fingerprint density at radius 1 is 1.22 bits per heavy atom. The highest BCUT2D eigenvalue weighted by atomic mass is 19.1. The molecule has 0 atom stereocenters. The molecule has 1 aromatic rings. The van der Waals surface area contributed by atoms with Crippen molar-refractivity contribution in [2.45, 2.75) is 19.9 Å². The molecule has 0 spiro atoms. The van der Waals surface area contributed by atoms with E-state index in [9.17, 15) is 4.39 Å². The molecule has 0 saturated carbocycles. The first-order valence-corrected chi connectivity index (χ1v) is 6.30. The van der Waals surface area contributed by atoms with Crippen LogP contribution in [-0.2, 0) is 0 Å². The Balaban J connectivity index is 2.06. The van der Waals surface area contributed by atoms with E-state index in [2.05, 4.69) is 23.6 Å². The van der Waals surface area contributed by atoms with E-state index in [1.807, 2.05) is 12.1 Å². The van der Waals surface area contributed by atoms with Gasteiger partial charge >= 0.3 is 0 Å². The lowest BCUT2D eigenvalue weighted by atomic mass is 10.1. The highest BCUT2D eigenvalue weighted by molar-refractivity contribution is 5.50. The van der Waals surface area contributed by atoms with Gasteiger partial charge in [-0.2, -0.15) is 5.26 Å². The molecule has 1 aliphatic heterocycles. The van der Waals surface area contributed by atoms with Crippen LogP contribution in [0.3, 0.4) is 0 Å². The molecule has 1 heterocycles. The quantitative estimate of drug-likeness (QED) is 0.803. The fraction of sp³-hybridized carbons (Fsp3) is 0.500. The number of nitriles is 1. The Morgan fingerprint density at radius 3 is 2.39 bits per heavy atom. The van der Waals surface area contributed by atoms with Crippen molar-refractivity contribution in [1.82, 2.24) is 4.90 Å². The minimum Gasteiger partial charge on any atom is -0.369 e. The number of rotatable bonds is 2. The zero-order valence-corrected chi connectivity index (χ0v) is 10.9. The average molecular weight is 247 g/mol. The van der Waals surface area contributed by atoms with Gasteiger partial charge in [-0.25, -0.2) is 4.39 Å². The lowest BCUT2D eigenvalue weighted by Gasteiger charge is -2.38. The molecule has 0 N–H and O–H groups in total. The SMILES string of the molecule is CC(C)N1CCN(c2ccc(C#N)c(F)c2)CC1. The van der Waals surface area contributed by atoms with Crippen molar-refractivity contribution in [2.24, 2.45) is 0 Å². The Hall–Kier alpha value is -1.60. The highest BCUT2D eigenvalue weighted by Crippen LogP contribution is 2.20. The van der Waals surface area contributed by atoms with Crippen molar-refractivity contribution in [2.75, 3.05) is 31.1 Å². The van der Waals surface area contributed by atoms with Gasteiger partial charge in [-0.05, 0) is 32.0 Å². The van der Waals surface area contributed by atoms with Crippen LogP contribution in [0.25, 0.3) is 0 Å². The van der Waals surface area contributed by atoms with Crippen LogP contribution < -0.4 is 4.90 Å². The molecule has 1 aliphatic rings. The van der Waals surface area contributed by atoms with Gasteiger partial charge in [-0.1, -0.05) is 0 Å². The number of piperazine rings is 1. The van der Waals surface area contributed by atoms with Gasteiger partial charge in [-0.15, -0.1) is 0 Å². The molecule has 3 nitrogen and oxygen atoms in total. The van der Waals surface area contributed by atoms with Gasteiger partial charge in [0.1, 0.15) is 11.9 Å². The summed E-state index contributed by atoms with van der Waals surface area (Å²) in [6, 6.07) is 7.25. The third kappa shape index (κ3) is 2.62. The number of hydrogen-bond donors (Lipinski definition) is 0. The summed E-state index contributed by atoms with van der Waals surface area (Å²) >= 11 is 0. The van der Waals surface area contributed by atoms with Crippen LogP contribution in [-0.4, -0.2) is 37.1 Å². The molecule has 0 amide bonds. The smallest absolute Gasteiger partial charge is 0.143 e. The van der Waals surface area contributed by atoms with Crippen LogP contribution in [0.1, 0.15) is 19.4 Å². The average Bonchev–Trinajstić information content (AvgIpc) is 2.38.